The predicted octanol–water partition coefficient (Wildman–Crippen LogP) is 4.42. The van der Waals surface area contributed by atoms with Gasteiger partial charge < -0.3 is 19.9 Å². The molecule has 1 aromatic carbocycles. The van der Waals surface area contributed by atoms with Gasteiger partial charge in [-0.3, -0.25) is 4.79 Å². The van der Waals surface area contributed by atoms with Crippen molar-refractivity contribution in [2.45, 2.75) is 39.7 Å². The van der Waals surface area contributed by atoms with Crippen molar-refractivity contribution in [1.82, 2.24) is 10.1 Å². The summed E-state index contributed by atoms with van der Waals surface area (Å²) in [6, 6.07) is 13.4. The molecule has 8 heteroatoms. The Morgan fingerprint density at radius 2 is 1.87 bits per heavy atom. The summed E-state index contributed by atoms with van der Waals surface area (Å²) in [5, 5.41) is 10.0. The Kier molecular flexibility index (Phi) is 7.02. The van der Waals surface area contributed by atoms with Crippen LogP contribution >= 0.6 is 0 Å². The molecule has 1 atom stereocenters. The predicted molar refractivity (Wildman–Crippen MR) is 118 cm³/mol. The fraction of sp³-hybridized carbons (Fsp3) is 0.304. The standard InChI is InChI=1S/C23H26N4O4/c1-5-9-17(16-10-7-6-8-11-16)24-21-19(26-22(28)23(29)30-4)13-12-18(25-21)20-14(2)27-31-15(20)3/h6-8,10-13,17H,5,9H2,1-4H3,(H,24,25)(H,26,28)/t17-/m0/s1. The molecule has 0 radical (unpaired) electrons. The van der Waals surface area contributed by atoms with Gasteiger partial charge in [-0.25, -0.2) is 9.78 Å². The molecule has 0 aliphatic heterocycles. The van der Waals surface area contributed by atoms with E-state index in [9.17, 15) is 9.59 Å². The van der Waals surface area contributed by atoms with Crippen molar-refractivity contribution in [2.75, 3.05) is 17.7 Å². The largest absolute Gasteiger partial charge is 0.462 e. The van der Waals surface area contributed by atoms with Crippen LogP contribution in [-0.4, -0.2) is 29.1 Å². The molecule has 0 aliphatic carbocycles. The molecule has 2 aromatic heterocycles. The number of benzene rings is 1. The van der Waals surface area contributed by atoms with E-state index in [1.165, 1.54) is 0 Å². The first kappa shape index (κ1) is 22.0. The van der Waals surface area contributed by atoms with Crippen molar-refractivity contribution in [3.8, 4) is 11.3 Å². The summed E-state index contributed by atoms with van der Waals surface area (Å²) in [5.74, 6) is -0.759. The molecule has 0 aliphatic rings. The lowest BCUT2D eigenvalue weighted by molar-refractivity contribution is -0.150. The molecule has 31 heavy (non-hydrogen) atoms. The number of amides is 1. The first-order chi connectivity index (χ1) is 14.9. The molecule has 0 saturated heterocycles. The van der Waals surface area contributed by atoms with Crippen LogP contribution < -0.4 is 10.6 Å². The van der Waals surface area contributed by atoms with Crippen molar-refractivity contribution in [3.05, 3.63) is 59.5 Å². The van der Waals surface area contributed by atoms with Crippen molar-refractivity contribution in [3.63, 3.8) is 0 Å². The van der Waals surface area contributed by atoms with Crippen molar-refractivity contribution >= 4 is 23.4 Å². The summed E-state index contributed by atoms with van der Waals surface area (Å²) in [7, 11) is 1.16. The molecule has 162 valence electrons. The number of pyridine rings is 1. The second kappa shape index (κ2) is 9.88. The van der Waals surface area contributed by atoms with Crippen LogP contribution in [0, 0.1) is 13.8 Å². The van der Waals surface area contributed by atoms with E-state index in [4.69, 9.17) is 9.51 Å². The zero-order valence-electron chi connectivity index (χ0n) is 18.1. The lowest BCUT2D eigenvalue weighted by atomic mass is 10.0. The van der Waals surface area contributed by atoms with Crippen LogP contribution in [-0.2, 0) is 14.3 Å². The molecule has 0 fully saturated rings. The van der Waals surface area contributed by atoms with Crippen molar-refractivity contribution in [1.29, 1.82) is 0 Å². The van der Waals surface area contributed by atoms with Gasteiger partial charge in [-0.2, -0.15) is 0 Å². The topological polar surface area (TPSA) is 106 Å². The Morgan fingerprint density at radius 1 is 1.13 bits per heavy atom. The molecule has 2 heterocycles. The van der Waals surface area contributed by atoms with Gasteiger partial charge >= 0.3 is 11.9 Å². The van der Waals surface area contributed by atoms with Gasteiger partial charge in [0.25, 0.3) is 0 Å². The lowest BCUT2D eigenvalue weighted by Crippen LogP contribution is -2.25. The third-order valence-electron chi connectivity index (χ3n) is 4.89. The maximum Gasteiger partial charge on any atom is 0.396 e. The van der Waals surface area contributed by atoms with Crippen LogP contribution in [0.1, 0.15) is 42.8 Å². The molecule has 0 unspecified atom stereocenters. The third-order valence-corrected chi connectivity index (χ3v) is 4.89. The number of aryl methyl sites for hydroxylation is 2. The highest BCUT2D eigenvalue weighted by molar-refractivity contribution is 6.37. The summed E-state index contributed by atoms with van der Waals surface area (Å²) < 4.78 is 9.79. The number of methoxy groups -OCH3 is 1. The molecule has 3 aromatic rings. The molecular weight excluding hydrogens is 396 g/mol. The van der Waals surface area contributed by atoms with Gasteiger partial charge in [0.1, 0.15) is 5.76 Å². The smallest absolute Gasteiger partial charge is 0.396 e. The number of rotatable bonds is 7. The average molecular weight is 422 g/mol. The first-order valence-corrected chi connectivity index (χ1v) is 10.1. The van der Waals surface area contributed by atoms with E-state index >= 15 is 0 Å². The van der Waals surface area contributed by atoms with Gasteiger partial charge in [-0.15, -0.1) is 0 Å². The van der Waals surface area contributed by atoms with Crippen LogP contribution in [0.2, 0.25) is 0 Å². The molecule has 3 rings (SSSR count). The summed E-state index contributed by atoms with van der Waals surface area (Å²) in [6.45, 7) is 5.77. The zero-order valence-corrected chi connectivity index (χ0v) is 18.1. The number of aromatic nitrogens is 2. The molecule has 1 amide bonds. The minimum atomic E-state index is -0.978. The van der Waals surface area contributed by atoms with E-state index in [1.54, 1.807) is 12.1 Å². The number of anilines is 2. The quantitative estimate of drug-likeness (QED) is 0.429. The highest BCUT2D eigenvalue weighted by atomic mass is 16.5. The lowest BCUT2D eigenvalue weighted by Gasteiger charge is -2.22. The summed E-state index contributed by atoms with van der Waals surface area (Å²) >= 11 is 0. The second-order valence-electron chi connectivity index (χ2n) is 7.13. The Hall–Kier alpha value is -3.68. The van der Waals surface area contributed by atoms with Crippen molar-refractivity contribution in [2.24, 2.45) is 0 Å². The fourth-order valence-corrected chi connectivity index (χ4v) is 3.39. The monoisotopic (exact) mass is 422 g/mol. The molecule has 0 spiro atoms. The number of hydrogen-bond acceptors (Lipinski definition) is 7. The van der Waals surface area contributed by atoms with E-state index in [0.29, 0.717) is 23.0 Å². The number of hydrogen-bond donors (Lipinski definition) is 2. The number of carbonyl (C=O) groups is 2. The highest BCUT2D eigenvalue weighted by Gasteiger charge is 2.21. The van der Waals surface area contributed by atoms with Crippen LogP contribution in [0.25, 0.3) is 11.3 Å². The Bertz CT molecular complexity index is 1040. The minimum Gasteiger partial charge on any atom is -0.462 e. The van der Waals surface area contributed by atoms with Gasteiger partial charge in [0.2, 0.25) is 0 Å². The van der Waals surface area contributed by atoms with Crippen LogP contribution in [0.4, 0.5) is 11.5 Å². The van der Waals surface area contributed by atoms with Gasteiger partial charge in [0.05, 0.1) is 35.8 Å². The Morgan fingerprint density at radius 3 is 2.48 bits per heavy atom. The summed E-state index contributed by atoms with van der Waals surface area (Å²) in [5.41, 5.74) is 3.64. The number of nitrogens with zero attached hydrogens (tertiary/aromatic N) is 2. The average Bonchev–Trinajstić information content (AvgIpc) is 3.12. The summed E-state index contributed by atoms with van der Waals surface area (Å²) in [6.07, 6.45) is 1.80. The number of nitrogens with one attached hydrogen (secondary N) is 2. The normalized spacial score (nSPS) is 11.6. The summed E-state index contributed by atoms with van der Waals surface area (Å²) in [4.78, 5) is 28.5. The van der Waals surface area contributed by atoms with E-state index in [-0.39, 0.29) is 6.04 Å². The van der Waals surface area contributed by atoms with Gasteiger partial charge in [-0.1, -0.05) is 48.8 Å². The van der Waals surface area contributed by atoms with E-state index in [2.05, 4.69) is 27.5 Å². The fourth-order valence-electron chi connectivity index (χ4n) is 3.39. The second-order valence-corrected chi connectivity index (χ2v) is 7.13. The van der Waals surface area contributed by atoms with Crippen LogP contribution in [0.3, 0.4) is 0 Å². The maximum absolute atomic E-state index is 12.1. The van der Waals surface area contributed by atoms with Crippen LogP contribution in [0.5, 0.6) is 0 Å². The maximum atomic E-state index is 12.1. The van der Waals surface area contributed by atoms with Crippen molar-refractivity contribution < 1.29 is 18.8 Å². The molecular formula is C23H26N4O4. The van der Waals surface area contributed by atoms with E-state index in [0.717, 1.165) is 36.8 Å². The number of esters is 1. The third kappa shape index (κ3) is 5.09. The molecule has 8 nitrogen and oxygen atoms in total. The first-order valence-electron chi connectivity index (χ1n) is 10.1. The molecule has 0 saturated carbocycles. The SMILES string of the molecule is CCC[C@H](Nc1nc(-c2c(C)noc2C)ccc1NC(=O)C(=O)OC)c1ccccc1. The van der Waals surface area contributed by atoms with Crippen LogP contribution in [0.15, 0.2) is 47.0 Å². The number of carbonyl (C=O) groups excluding carboxylic acids is 2. The molecule has 0 bridgehead atoms. The zero-order chi connectivity index (χ0) is 22.4. The number of ether oxygens (including phenoxy) is 1. The Balaban J connectivity index is 2.03. The highest BCUT2D eigenvalue weighted by Crippen LogP contribution is 2.32. The van der Waals surface area contributed by atoms with E-state index in [1.807, 2.05) is 44.2 Å². The molecule has 2 N–H and O–H groups in total. The Labute approximate surface area is 181 Å². The van der Waals surface area contributed by atoms with Gasteiger partial charge in [0.15, 0.2) is 5.82 Å². The van der Waals surface area contributed by atoms with E-state index < -0.39 is 11.9 Å². The van der Waals surface area contributed by atoms with Gasteiger partial charge in [-0.05, 0) is 38.0 Å². The van der Waals surface area contributed by atoms with Gasteiger partial charge in [0, 0.05) is 0 Å². The minimum absolute atomic E-state index is 0.0348.